The topological polar surface area (TPSA) is 85.4 Å². The van der Waals surface area contributed by atoms with Crippen LogP contribution in [0.25, 0.3) is 10.9 Å². The van der Waals surface area contributed by atoms with Crippen molar-refractivity contribution in [1.29, 1.82) is 0 Å². The maximum atomic E-state index is 11.8. The molecule has 1 heterocycles. The van der Waals surface area contributed by atoms with Crippen LogP contribution in [0.3, 0.4) is 0 Å². The van der Waals surface area contributed by atoms with Crippen LogP contribution in [0.1, 0.15) is 47.0 Å². The number of fused-ring (bicyclic) bond motifs is 1. The van der Waals surface area contributed by atoms with E-state index in [4.69, 9.17) is 9.47 Å². The third-order valence-electron chi connectivity index (χ3n) is 3.83. The molecule has 1 amide bonds. The number of carbonyl (C=O) groups is 1. The van der Waals surface area contributed by atoms with Gasteiger partial charge in [0.1, 0.15) is 11.4 Å². The monoisotopic (exact) mass is 361 g/mol. The van der Waals surface area contributed by atoms with E-state index in [-0.39, 0.29) is 11.6 Å². The number of unbranched alkanes of at least 4 members (excludes halogenated alkanes) is 2. The number of aromatic nitrogens is 1. The summed E-state index contributed by atoms with van der Waals surface area (Å²) < 4.78 is 12.2. The van der Waals surface area contributed by atoms with Crippen LogP contribution in [0.4, 0.5) is 10.5 Å². The van der Waals surface area contributed by atoms with E-state index >= 15 is 0 Å². The average Bonchev–Trinajstić information content (AvgIpc) is 2.82. The highest BCUT2D eigenvalue weighted by atomic mass is 16.6. The Bertz CT molecular complexity index is 803. The number of azo groups is 1. The van der Waals surface area contributed by atoms with Crippen LogP contribution in [0.15, 0.2) is 28.4 Å². The normalized spacial score (nSPS) is 12.0. The largest absolute Gasteiger partial charge is 0.497 e. The van der Waals surface area contributed by atoms with Crippen LogP contribution < -0.4 is 4.74 Å². The Hall–Kier alpha value is -2.57. The van der Waals surface area contributed by atoms with Crippen LogP contribution in [0.2, 0.25) is 0 Å². The number of aryl methyl sites for hydroxylation is 1. The maximum absolute atomic E-state index is 11.8. The van der Waals surface area contributed by atoms with Crippen molar-refractivity contribution in [2.24, 2.45) is 10.2 Å². The molecule has 2 rings (SSSR count). The minimum absolute atomic E-state index is 0.0170. The first-order chi connectivity index (χ1) is 12.3. The van der Waals surface area contributed by atoms with Crippen molar-refractivity contribution in [2.75, 3.05) is 7.11 Å². The molecule has 0 bridgehead atoms. The molecule has 142 valence electrons. The summed E-state index contributed by atoms with van der Waals surface area (Å²) >= 11 is 0. The second-order valence-corrected chi connectivity index (χ2v) is 7.09. The molecule has 2 aromatic rings. The van der Waals surface area contributed by atoms with Gasteiger partial charge in [-0.25, -0.2) is 4.79 Å². The van der Waals surface area contributed by atoms with Crippen LogP contribution >= 0.6 is 0 Å². The Balaban J connectivity index is 2.42. The summed E-state index contributed by atoms with van der Waals surface area (Å²) in [6.07, 6.45) is 2.26. The van der Waals surface area contributed by atoms with Gasteiger partial charge in [0.25, 0.3) is 0 Å². The molecule has 0 fully saturated rings. The molecule has 0 radical (unpaired) electrons. The number of amides is 1. The highest BCUT2D eigenvalue weighted by molar-refractivity contribution is 5.96. The van der Waals surface area contributed by atoms with Crippen molar-refractivity contribution in [3.05, 3.63) is 18.2 Å². The summed E-state index contributed by atoms with van der Waals surface area (Å²) in [7, 11) is 1.59. The Labute approximate surface area is 153 Å². The van der Waals surface area contributed by atoms with Crippen molar-refractivity contribution >= 4 is 22.7 Å². The maximum Gasteiger partial charge on any atom is 0.452 e. The number of benzene rings is 1. The molecule has 1 aromatic carbocycles. The number of rotatable bonds is 6. The van der Waals surface area contributed by atoms with E-state index in [1.54, 1.807) is 44.6 Å². The smallest absolute Gasteiger partial charge is 0.452 e. The summed E-state index contributed by atoms with van der Waals surface area (Å²) in [5.74, 6) is 0.666. The molecule has 1 N–H and O–H groups in total. The van der Waals surface area contributed by atoms with E-state index in [0.29, 0.717) is 17.7 Å². The minimum atomic E-state index is -0.794. The minimum Gasteiger partial charge on any atom is -0.497 e. The van der Waals surface area contributed by atoms with E-state index in [2.05, 4.69) is 17.2 Å². The van der Waals surface area contributed by atoms with Crippen molar-refractivity contribution in [1.82, 2.24) is 4.57 Å². The Kier molecular flexibility index (Phi) is 6.23. The zero-order valence-corrected chi connectivity index (χ0v) is 16.1. The molecule has 0 aliphatic heterocycles. The molecular weight excluding hydrogens is 334 g/mol. The fraction of sp³-hybridized carbons (Fsp3) is 0.526. The second kappa shape index (κ2) is 8.21. The lowest BCUT2D eigenvalue weighted by atomic mass is 10.2. The molecule has 0 aliphatic rings. The van der Waals surface area contributed by atoms with Gasteiger partial charge in [0.05, 0.1) is 12.6 Å². The summed E-state index contributed by atoms with van der Waals surface area (Å²) in [5, 5.41) is 18.9. The van der Waals surface area contributed by atoms with Crippen LogP contribution in [-0.4, -0.2) is 28.5 Å². The molecule has 0 saturated heterocycles. The Morgan fingerprint density at radius 3 is 2.62 bits per heavy atom. The van der Waals surface area contributed by atoms with E-state index in [1.807, 2.05) is 6.07 Å². The third kappa shape index (κ3) is 4.74. The molecule has 0 saturated carbocycles. The van der Waals surface area contributed by atoms with Gasteiger partial charge in [-0.1, -0.05) is 24.9 Å². The summed E-state index contributed by atoms with van der Waals surface area (Å²) in [4.78, 5) is 11.8. The van der Waals surface area contributed by atoms with Crippen LogP contribution in [0.5, 0.6) is 11.6 Å². The molecule has 0 aliphatic carbocycles. The van der Waals surface area contributed by atoms with E-state index in [9.17, 15) is 9.90 Å². The first kappa shape index (κ1) is 19.8. The van der Waals surface area contributed by atoms with Gasteiger partial charge in [-0.15, -0.1) is 5.11 Å². The summed E-state index contributed by atoms with van der Waals surface area (Å²) in [5.41, 5.74) is 0.390. The standard InChI is InChI=1S/C19H27N3O4/c1-6-7-8-11-22-15-12-13(25-5)9-10-14(15)16(17(22)23)20-21-18(24)26-19(2,3)4/h9-10,12,23H,6-8,11H2,1-5H3. The fourth-order valence-electron chi connectivity index (χ4n) is 2.64. The van der Waals surface area contributed by atoms with E-state index in [1.165, 1.54) is 0 Å². The average molecular weight is 361 g/mol. The molecular formula is C19H27N3O4. The van der Waals surface area contributed by atoms with Crippen LogP contribution in [0, 0.1) is 0 Å². The lowest BCUT2D eigenvalue weighted by Gasteiger charge is -2.16. The molecule has 0 atom stereocenters. The van der Waals surface area contributed by atoms with Crippen LogP contribution in [-0.2, 0) is 11.3 Å². The molecule has 7 nitrogen and oxygen atoms in total. The molecule has 1 aromatic heterocycles. The van der Waals surface area contributed by atoms with Crippen molar-refractivity contribution < 1.29 is 19.4 Å². The Morgan fingerprint density at radius 1 is 1.27 bits per heavy atom. The van der Waals surface area contributed by atoms with Gasteiger partial charge < -0.3 is 19.1 Å². The fourth-order valence-corrected chi connectivity index (χ4v) is 2.64. The van der Waals surface area contributed by atoms with Crippen molar-refractivity contribution in [3.8, 4) is 11.6 Å². The second-order valence-electron chi connectivity index (χ2n) is 7.09. The van der Waals surface area contributed by atoms with Gasteiger partial charge in [-0.05, 0) is 39.3 Å². The zero-order valence-electron chi connectivity index (χ0n) is 16.1. The van der Waals surface area contributed by atoms with Gasteiger partial charge >= 0.3 is 6.09 Å². The highest BCUT2D eigenvalue weighted by Gasteiger charge is 2.19. The number of methoxy groups -OCH3 is 1. The van der Waals surface area contributed by atoms with Gasteiger partial charge in [-0.3, -0.25) is 0 Å². The molecule has 0 spiro atoms. The van der Waals surface area contributed by atoms with Crippen molar-refractivity contribution in [3.63, 3.8) is 0 Å². The number of carbonyl (C=O) groups excluding carboxylic acids is 1. The predicted octanol–water partition coefficient (Wildman–Crippen LogP) is 5.56. The first-order valence-electron chi connectivity index (χ1n) is 8.80. The van der Waals surface area contributed by atoms with Gasteiger partial charge in [-0.2, -0.15) is 0 Å². The van der Waals surface area contributed by atoms with E-state index < -0.39 is 11.7 Å². The van der Waals surface area contributed by atoms with Crippen molar-refractivity contribution in [2.45, 2.75) is 59.1 Å². The zero-order chi connectivity index (χ0) is 19.3. The molecule has 26 heavy (non-hydrogen) atoms. The molecule has 0 unspecified atom stereocenters. The third-order valence-corrected chi connectivity index (χ3v) is 3.83. The van der Waals surface area contributed by atoms with Gasteiger partial charge in [0.2, 0.25) is 5.88 Å². The first-order valence-corrected chi connectivity index (χ1v) is 8.80. The number of ether oxygens (including phenoxy) is 2. The number of aromatic hydroxyl groups is 1. The quantitative estimate of drug-likeness (QED) is 0.539. The number of hydrogen-bond acceptors (Lipinski definition) is 5. The highest BCUT2D eigenvalue weighted by Crippen LogP contribution is 2.40. The number of nitrogens with zero attached hydrogens (tertiary/aromatic N) is 3. The summed E-state index contributed by atoms with van der Waals surface area (Å²) in [6.45, 7) is 8.03. The SMILES string of the molecule is CCCCCn1c(O)c(N=NC(=O)OC(C)(C)C)c2ccc(OC)cc21. The molecule has 7 heteroatoms. The summed E-state index contributed by atoms with van der Waals surface area (Å²) in [6, 6.07) is 5.42. The number of hydrogen-bond donors (Lipinski definition) is 1. The van der Waals surface area contributed by atoms with Gasteiger partial charge in [0.15, 0.2) is 5.69 Å². The lowest BCUT2D eigenvalue weighted by Crippen LogP contribution is -2.21. The lowest BCUT2D eigenvalue weighted by molar-refractivity contribution is 0.0592. The Morgan fingerprint density at radius 2 is 2.00 bits per heavy atom. The van der Waals surface area contributed by atoms with Gasteiger partial charge in [0, 0.05) is 18.0 Å². The van der Waals surface area contributed by atoms with E-state index in [0.717, 1.165) is 24.8 Å². The predicted molar refractivity (Wildman–Crippen MR) is 100 cm³/mol.